The summed E-state index contributed by atoms with van der Waals surface area (Å²) in [6.07, 6.45) is 5.57. The van der Waals surface area contributed by atoms with Gasteiger partial charge in [-0.05, 0) is 67.7 Å². The molecule has 2 aliphatic rings. The number of aliphatic hydroxyl groups excluding tert-OH is 1. The van der Waals surface area contributed by atoms with Gasteiger partial charge in [-0.3, -0.25) is 0 Å². The van der Waals surface area contributed by atoms with Gasteiger partial charge in [0.05, 0.1) is 11.0 Å². The van der Waals surface area contributed by atoms with Crippen molar-refractivity contribution in [2.45, 2.75) is 49.5 Å². The van der Waals surface area contributed by atoms with E-state index in [4.69, 9.17) is 0 Å². The largest absolute Gasteiger partial charge is 0.393 e. The first kappa shape index (κ1) is 15.0. The van der Waals surface area contributed by atoms with E-state index in [1.165, 1.54) is 21.9 Å². The summed E-state index contributed by atoms with van der Waals surface area (Å²) in [5.74, 6) is 0.289. The Morgan fingerprint density at radius 3 is 2.52 bits per heavy atom. The second-order valence-electron chi connectivity index (χ2n) is 6.41. The fourth-order valence-corrected chi connectivity index (χ4v) is 4.66. The van der Waals surface area contributed by atoms with E-state index in [1.807, 2.05) is 12.1 Å². The molecule has 0 aliphatic heterocycles. The molecule has 1 aromatic rings. The molecule has 0 amide bonds. The Bertz CT molecular complexity index is 620. The van der Waals surface area contributed by atoms with Crippen LogP contribution >= 0.6 is 0 Å². The zero-order chi connectivity index (χ0) is 15.0. The first-order valence-corrected chi connectivity index (χ1v) is 9.17. The highest BCUT2D eigenvalue weighted by Crippen LogP contribution is 2.30. The Morgan fingerprint density at radius 2 is 1.86 bits per heavy atom. The van der Waals surface area contributed by atoms with E-state index in [9.17, 15) is 13.5 Å². The smallest absolute Gasteiger partial charge is 0.242 e. The van der Waals surface area contributed by atoms with E-state index in [0.717, 1.165) is 19.3 Å². The van der Waals surface area contributed by atoms with E-state index in [1.54, 1.807) is 13.1 Å². The average Bonchev–Trinajstić information content (AvgIpc) is 2.45. The Labute approximate surface area is 126 Å². The molecule has 0 atom stereocenters. The molecule has 1 N–H and O–H groups in total. The zero-order valence-electron chi connectivity index (χ0n) is 12.5. The van der Waals surface area contributed by atoms with E-state index in [-0.39, 0.29) is 12.0 Å². The maximum Gasteiger partial charge on any atom is 0.242 e. The number of fused-ring (bicyclic) bond motifs is 1. The molecule has 3 rings (SSSR count). The molecule has 4 nitrogen and oxygen atoms in total. The SMILES string of the molecule is CN(CC1CC(O)C1)S(=O)(=O)c1ccc2c(c1)CCCC2. The molecule has 1 aromatic carbocycles. The monoisotopic (exact) mass is 309 g/mol. The molecule has 0 aromatic heterocycles. The second kappa shape index (κ2) is 5.71. The van der Waals surface area contributed by atoms with Crippen LogP contribution in [0.25, 0.3) is 0 Å². The number of rotatable bonds is 4. The van der Waals surface area contributed by atoms with E-state index in [0.29, 0.717) is 24.3 Å². The van der Waals surface area contributed by atoms with Crippen LogP contribution in [0.3, 0.4) is 0 Å². The minimum atomic E-state index is -3.41. The van der Waals surface area contributed by atoms with E-state index < -0.39 is 10.0 Å². The van der Waals surface area contributed by atoms with Gasteiger partial charge in [-0.2, -0.15) is 0 Å². The third-order valence-electron chi connectivity index (χ3n) is 4.75. The lowest BCUT2D eigenvalue weighted by Crippen LogP contribution is -2.39. The van der Waals surface area contributed by atoms with Crippen molar-refractivity contribution in [3.05, 3.63) is 29.3 Å². The molecule has 0 heterocycles. The fourth-order valence-electron chi connectivity index (χ4n) is 3.36. The van der Waals surface area contributed by atoms with Gasteiger partial charge in [-0.25, -0.2) is 12.7 Å². The third-order valence-corrected chi connectivity index (χ3v) is 6.57. The van der Waals surface area contributed by atoms with Crippen molar-refractivity contribution in [2.75, 3.05) is 13.6 Å². The van der Waals surface area contributed by atoms with E-state index >= 15 is 0 Å². The first-order valence-electron chi connectivity index (χ1n) is 7.73. The quantitative estimate of drug-likeness (QED) is 0.925. The Balaban J connectivity index is 1.77. The van der Waals surface area contributed by atoms with Gasteiger partial charge in [-0.15, -0.1) is 0 Å². The molecule has 0 spiro atoms. The highest BCUT2D eigenvalue weighted by molar-refractivity contribution is 7.89. The van der Waals surface area contributed by atoms with Crippen LogP contribution in [-0.2, 0) is 22.9 Å². The number of hydrogen-bond acceptors (Lipinski definition) is 3. The topological polar surface area (TPSA) is 57.6 Å². The van der Waals surface area contributed by atoms with Crippen molar-refractivity contribution in [3.8, 4) is 0 Å². The van der Waals surface area contributed by atoms with Crippen molar-refractivity contribution in [1.29, 1.82) is 0 Å². The third kappa shape index (κ3) is 3.00. The van der Waals surface area contributed by atoms with Crippen LogP contribution in [-0.4, -0.2) is 37.5 Å². The van der Waals surface area contributed by atoms with Crippen LogP contribution in [0.4, 0.5) is 0 Å². The molecule has 5 heteroatoms. The first-order chi connectivity index (χ1) is 9.96. The zero-order valence-corrected chi connectivity index (χ0v) is 13.3. The van der Waals surface area contributed by atoms with Crippen molar-refractivity contribution in [3.63, 3.8) is 0 Å². The summed E-state index contributed by atoms with van der Waals surface area (Å²) in [4.78, 5) is 0.408. The van der Waals surface area contributed by atoms with Crippen LogP contribution in [0.2, 0.25) is 0 Å². The predicted molar refractivity (Wildman–Crippen MR) is 81.6 cm³/mol. The lowest BCUT2D eigenvalue weighted by atomic mass is 9.82. The minimum absolute atomic E-state index is 0.241. The predicted octanol–water partition coefficient (Wildman–Crippen LogP) is 1.96. The lowest BCUT2D eigenvalue weighted by Gasteiger charge is -2.34. The van der Waals surface area contributed by atoms with Gasteiger partial charge >= 0.3 is 0 Å². The maximum atomic E-state index is 12.6. The van der Waals surface area contributed by atoms with Crippen LogP contribution in [0.15, 0.2) is 23.1 Å². The Kier molecular flexibility index (Phi) is 4.08. The molecule has 1 fully saturated rings. The number of benzene rings is 1. The number of aryl methyl sites for hydroxylation is 2. The lowest BCUT2D eigenvalue weighted by molar-refractivity contribution is 0.0367. The number of aliphatic hydroxyl groups is 1. The Morgan fingerprint density at radius 1 is 1.19 bits per heavy atom. The van der Waals surface area contributed by atoms with Crippen molar-refractivity contribution in [2.24, 2.45) is 5.92 Å². The summed E-state index contributed by atoms with van der Waals surface area (Å²) in [7, 11) is -1.77. The van der Waals surface area contributed by atoms with Gasteiger partial charge in [0.1, 0.15) is 0 Å². The molecular formula is C16H23NO3S. The standard InChI is InChI=1S/C16H23NO3S/c1-17(11-12-8-15(18)9-12)21(19,20)16-7-6-13-4-2-3-5-14(13)10-16/h6-7,10,12,15,18H,2-5,8-9,11H2,1H3. The van der Waals surface area contributed by atoms with Gasteiger partial charge in [0.25, 0.3) is 0 Å². The van der Waals surface area contributed by atoms with Crippen LogP contribution in [0.5, 0.6) is 0 Å². The minimum Gasteiger partial charge on any atom is -0.393 e. The van der Waals surface area contributed by atoms with Crippen LogP contribution in [0.1, 0.15) is 36.8 Å². The fraction of sp³-hybridized carbons (Fsp3) is 0.625. The summed E-state index contributed by atoms with van der Waals surface area (Å²) >= 11 is 0. The summed E-state index contributed by atoms with van der Waals surface area (Å²) in [5.41, 5.74) is 2.49. The number of hydrogen-bond donors (Lipinski definition) is 1. The molecule has 1 saturated carbocycles. The van der Waals surface area contributed by atoms with Crippen LogP contribution in [0, 0.1) is 5.92 Å². The molecule has 116 valence electrons. The molecular weight excluding hydrogens is 286 g/mol. The number of nitrogens with zero attached hydrogens (tertiary/aromatic N) is 1. The maximum absolute atomic E-state index is 12.6. The van der Waals surface area contributed by atoms with Gasteiger partial charge in [0.2, 0.25) is 10.0 Å². The summed E-state index contributed by atoms with van der Waals surface area (Å²) < 4.78 is 26.7. The molecule has 0 radical (unpaired) electrons. The summed E-state index contributed by atoms with van der Waals surface area (Å²) in [5, 5.41) is 9.32. The van der Waals surface area contributed by atoms with Gasteiger partial charge in [0, 0.05) is 13.6 Å². The van der Waals surface area contributed by atoms with Crippen molar-refractivity contribution < 1.29 is 13.5 Å². The summed E-state index contributed by atoms with van der Waals surface area (Å²) in [6, 6.07) is 5.57. The molecule has 21 heavy (non-hydrogen) atoms. The average molecular weight is 309 g/mol. The van der Waals surface area contributed by atoms with E-state index in [2.05, 4.69) is 0 Å². The van der Waals surface area contributed by atoms with Crippen molar-refractivity contribution >= 4 is 10.0 Å². The highest BCUT2D eigenvalue weighted by Gasteiger charge is 2.31. The Hall–Kier alpha value is -0.910. The normalized spacial score (nSPS) is 25.5. The van der Waals surface area contributed by atoms with Gasteiger partial charge < -0.3 is 5.11 Å². The number of sulfonamides is 1. The van der Waals surface area contributed by atoms with Gasteiger partial charge in [0.15, 0.2) is 0 Å². The van der Waals surface area contributed by atoms with Crippen molar-refractivity contribution in [1.82, 2.24) is 4.31 Å². The van der Waals surface area contributed by atoms with Gasteiger partial charge in [-0.1, -0.05) is 6.07 Å². The van der Waals surface area contributed by atoms with Crippen LogP contribution < -0.4 is 0 Å². The molecule has 0 saturated heterocycles. The summed E-state index contributed by atoms with van der Waals surface area (Å²) in [6.45, 7) is 0.497. The molecule has 0 unspecified atom stereocenters. The molecule has 0 bridgehead atoms. The highest BCUT2D eigenvalue weighted by atomic mass is 32.2. The molecule has 2 aliphatic carbocycles. The second-order valence-corrected chi connectivity index (χ2v) is 8.46.